The molecule has 2 aliphatic heterocycles. The number of benzene rings is 1. The molecule has 2 fully saturated rings. The number of anilines is 1. The number of aliphatic imine (C=N–C) groups is 1. The van der Waals surface area contributed by atoms with E-state index in [1.165, 1.54) is 11.0 Å². The Hall–Kier alpha value is -2.07. The number of hydrogen-bond acceptors (Lipinski definition) is 4. The summed E-state index contributed by atoms with van der Waals surface area (Å²) in [6, 6.07) is 6.85. The smallest absolute Gasteiger partial charge is 0.367 e. The van der Waals surface area contributed by atoms with E-state index >= 15 is 0 Å². The van der Waals surface area contributed by atoms with Crippen molar-refractivity contribution >= 4 is 11.6 Å². The normalized spacial score (nSPS) is 21.5. The van der Waals surface area contributed by atoms with Crippen molar-refractivity contribution in [2.75, 3.05) is 70.9 Å². The molecule has 10 heteroatoms. The Bertz CT molecular complexity index is 718. The number of nitrogens with zero attached hydrogens (tertiary/aromatic N) is 4. The van der Waals surface area contributed by atoms with Gasteiger partial charge in [-0.15, -0.1) is 0 Å². The van der Waals surface area contributed by atoms with E-state index in [0.29, 0.717) is 31.2 Å². The summed E-state index contributed by atoms with van der Waals surface area (Å²) in [5, 5.41) is 6.48. The third kappa shape index (κ3) is 7.53. The molecule has 0 spiro atoms. The molecule has 174 valence electrons. The summed E-state index contributed by atoms with van der Waals surface area (Å²) in [7, 11) is 1.67. The van der Waals surface area contributed by atoms with Crippen molar-refractivity contribution in [3.05, 3.63) is 30.1 Å². The fraction of sp³-hybridized carbons (Fsp3) is 0.667. The molecule has 1 atom stereocenters. The highest BCUT2D eigenvalue weighted by molar-refractivity contribution is 5.80. The van der Waals surface area contributed by atoms with Crippen LogP contribution in [0.5, 0.6) is 0 Å². The highest BCUT2D eigenvalue weighted by atomic mass is 19.4. The summed E-state index contributed by atoms with van der Waals surface area (Å²) in [6.45, 7) is 4.98. The van der Waals surface area contributed by atoms with Crippen molar-refractivity contribution in [2.45, 2.75) is 25.1 Å². The summed E-state index contributed by atoms with van der Waals surface area (Å²) >= 11 is 0. The maximum Gasteiger partial charge on any atom is 0.401 e. The van der Waals surface area contributed by atoms with Crippen LogP contribution in [0.1, 0.15) is 12.8 Å². The Balaban J connectivity index is 1.30. The Labute approximate surface area is 181 Å². The third-order valence-corrected chi connectivity index (χ3v) is 5.75. The molecule has 2 heterocycles. The van der Waals surface area contributed by atoms with Crippen molar-refractivity contribution in [3.63, 3.8) is 0 Å². The van der Waals surface area contributed by atoms with Crippen molar-refractivity contribution < 1.29 is 17.6 Å². The molecule has 0 bridgehead atoms. The molecular formula is C21H32F4N6. The van der Waals surface area contributed by atoms with E-state index < -0.39 is 12.7 Å². The standard InChI is InChI=1S/C21H32F4N6/c1-26-20(28-17-7-10-30(15-17)16-21(23,24)25)27-8-4-9-29-11-13-31(14-12-29)19-6-3-2-5-18(19)22/h2-3,5-6,17H,4,7-16H2,1H3,(H2,26,27,28). The lowest BCUT2D eigenvalue weighted by Gasteiger charge is -2.36. The molecule has 0 aromatic heterocycles. The minimum atomic E-state index is -4.16. The summed E-state index contributed by atoms with van der Waals surface area (Å²) in [5.74, 6) is 0.450. The maximum absolute atomic E-state index is 13.9. The molecule has 1 aromatic rings. The third-order valence-electron chi connectivity index (χ3n) is 5.75. The zero-order chi connectivity index (χ0) is 22.3. The number of guanidine groups is 1. The number of nitrogens with one attached hydrogen (secondary N) is 2. The Morgan fingerprint density at radius 1 is 1.10 bits per heavy atom. The maximum atomic E-state index is 13.9. The van der Waals surface area contributed by atoms with Gasteiger partial charge in [0.05, 0.1) is 12.2 Å². The van der Waals surface area contributed by atoms with Gasteiger partial charge in [-0.25, -0.2) is 4.39 Å². The van der Waals surface area contributed by atoms with Crippen LogP contribution in [0, 0.1) is 5.82 Å². The number of alkyl halides is 3. The monoisotopic (exact) mass is 444 g/mol. The number of piperazine rings is 1. The van der Waals surface area contributed by atoms with E-state index in [-0.39, 0.29) is 11.9 Å². The lowest BCUT2D eigenvalue weighted by Crippen LogP contribution is -2.48. The molecule has 6 nitrogen and oxygen atoms in total. The van der Waals surface area contributed by atoms with Crippen LogP contribution in [0.25, 0.3) is 0 Å². The summed E-state index contributed by atoms with van der Waals surface area (Å²) in [5.41, 5.74) is 0.666. The molecule has 1 aromatic carbocycles. The molecule has 0 aliphatic carbocycles. The Morgan fingerprint density at radius 2 is 1.84 bits per heavy atom. The molecule has 2 aliphatic rings. The van der Waals surface area contributed by atoms with Gasteiger partial charge in [0.15, 0.2) is 5.96 Å². The number of likely N-dealkylation sites (tertiary alicyclic amines) is 1. The van der Waals surface area contributed by atoms with E-state index in [4.69, 9.17) is 0 Å². The van der Waals surface area contributed by atoms with E-state index in [1.54, 1.807) is 13.1 Å². The van der Waals surface area contributed by atoms with Crippen LogP contribution in [0.3, 0.4) is 0 Å². The first-order valence-electron chi connectivity index (χ1n) is 10.8. The molecule has 3 rings (SSSR count). The summed E-state index contributed by atoms with van der Waals surface area (Å²) in [4.78, 5) is 10.1. The van der Waals surface area contributed by atoms with Gasteiger partial charge in [0.25, 0.3) is 0 Å². The molecule has 0 amide bonds. The van der Waals surface area contributed by atoms with Gasteiger partial charge >= 0.3 is 6.18 Å². The predicted molar refractivity (Wildman–Crippen MR) is 115 cm³/mol. The van der Waals surface area contributed by atoms with Crippen LogP contribution < -0.4 is 15.5 Å². The molecule has 31 heavy (non-hydrogen) atoms. The number of para-hydroxylation sites is 1. The first-order chi connectivity index (χ1) is 14.8. The van der Waals surface area contributed by atoms with E-state index in [9.17, 15) is 17.6 Å². The van der Waals surface area contributed by atoms with Crippen LogP contribution in [0.15, 0.2) is 29.3 Å². The largest absolute Gasteiger partial charge is 0.401 e. The predicted octanol–water partition coefficient (Wildman–Crippen LogP) is 2.14. The fourth-order valence-electron chi connectivity index (χ4n) is 4.17. The van der Waals surface area contributed by atoms with E-state index in [2.05, 4.69) is 25.4 Å². The number of halogens is 4. The van der Waals surface area contributed by atoms with Gasteiger partial charge < -0.3 is 15.5 Å². The average molecular weight is 445 g/mol. The van der Waals surface area contributed by atoms with Crippen LogP contribution in [-0.4, -0.2) is 93.9 Å². The van der Waals surface area contributed by atoms with Crippen molar-refractivity contribution in [1.29, 1.82) is 0 Å². The molecule has 1 unspecified atom stereocenters. The minimum absolute atomic E-state index is 0.0278. The van der Waals surface area contributed by atoms with Crippen LogP contribution in [0.4, 0.5) is 23.2 Å². The second-order valence-corrected chi connectivity index (χ2v) is 8.11. The highest BCUT2D eigenvalue weighted by Gasteiger charge is 2.34. The van der Waals surface area contributed by atoms with Crippen LogP contribution in [0.2, 0.25) is 0 Å². The molecule has 2 N–H and O–H groups in total. The zero-order valence-corrected chi connectivity index (χ0v) is 18.0. The summed E-state index contributed by atoms with van der Waals surface area (Å²) < 4.78 is 51.5. The zero-order valence-electron chi connectivity index (χ0n) is 18.0. The molecule has 2 saturated heterocycles. The average Bonchev–Trinajstić information content (AvgIpc) is 3.16. The Morgan fingerprint density at radius 3 is 2.52 bits per heavy atom. The summed E-state index contributed by atoms with van der Waals surface area (Å²) in [6.07, 6.45) is -2.57. The fourth-order valence-corrected chi connectivity index (χ4v) is 4.17. The lowest BCUT2D eigenvalue weighted by atomic mass is 10.2. The Kier molecular flexibility index (Phi) is 8.36. The van der Waals surface area contributed by atoms with E-state index in [0.717, 1.165) is 45.7 Å². The van der Waals surface area contributed by atoms with Gasteiger partial charge in [-0.1, -0.05) is 12.1 Å². The SMILES string of the molecule is CN=C(NCCCN1CCN(c2ccccc2F)CC1)NC1CCN(CC(F)(F)F)C1. The lowest BCUT2D eigenvalue weighted by molar-refractivity contribution is -0.143. The van der Waals surface area contributed by atoms with Crippen molar-refractivity contribution in [1.82, 2.24) is 20.4 Å². The van der Waals surface area contributed by atoms with Gasteiger partial charge in [-0.3, -0.25) is 14.8 Å². The van der Waals surface area contributed by atoms with Crippen LogP contribution in [-0.2, 0) is 0 Å². The topological polar surface area (TPSA) is 46.1 Å². The number of hydrogen-bond donors (Lipinski definition) is 2. The van der Waals surface area contributed by atoms with Crippen molar-refractivity contribution in [3.8, 4) is 0 Å². The van der Waals surface area contributed by atoms with Gasteiger partial charge in [0, 0.05) is 58.9 Å². The molecule has 0 saturated carbocycles. The molecular weight excluding hydrogens is 412 g/mol. The van der Waals surface area contributed by atoms with Crippen molar-refractivity contribution in [2.24, 2.45) is 4.99 Å². The second-order valence-electron chi connectivity index (χ2n) is 8.11. The quantitative estimate of drug-likeness (QED) is 0.292. The van der Waals surface area contributed by atoms with Gasteiger partial charge in [-0.2, -0.15) is 13.2 Å². The minimum Gasteiger partial charge on any atom is -0.367 e. The molecule has 0 radical (unpaired) electrons. The van der Waals surface area contributed by atoms with Gasteiger partial charge in [0.2, 0.25) is 0 Å². The highest BCUT2D eigenvalue weighted by Crippen LogP contribution is 2.21. The van der Waals surface area contributed by atoms with Crippen LogP contribution >= 0.6 is 0 Å². The second kappa shape index (κ2) is 11.0. The number of rotatable bonds is 7. The first-order valence-corrected chi connectivity index (χ1v) is 10.8. The first kappa shape index (κ1) is 23.6. The van der Waals surface area contributed by atoms with E-state index in [1.807, 2.05) is 12.1 Å². The van der Waals surface area contributed by atoms with Gasteiger partial charge in [-0.05, 0) is 31.5 Å². The van der Waals surface area contributed by atoms with Gasteiger partial charge in [0.1, 0.15) is 5.82 Å².